The molecule has 110 valence electrons. The van der Waals surface area contributed by atoms with E-state index in [9.17, 15) is 4.39 Å². The Labute approximate surface area is 137 Å². The molecule has 21 heavy (non-hydrogen) atoms. The van der Waals surface area contributed by atoms with Gasteiger partial charge in [-0.1, -0.05) is 24.4 Å². The third-order valence-electron chi connectivity index (χ3n) is 3.27. The minimum Gasteiger partial charge on any atom is -0.389 e. The maximum absolute atomic E-state index is 13.1. The van der Waals surface area contributed by atoms with Crippen LogP contribution >= 0.6 is 28.1 Å². The lowest BCUT2D eigenvalue weighted by Crippen LogP contribution is -2.15. The maximum Gasteiger partial charge on any atom is 0.123 e. The third kappa shape index (κ3) is 4.02. The van der Waals surface area contributed by atoms with Crippen molar-refractivity contribution in [2.75, 3.05) is 11.9 Å². The minimum atomic E-state index is -0.202. The van der Waals surface area contributed by atoms with Crippen molar-refractivity contribution < 1.29 is 4.39 Å². The fraction of sp³-hybridized carbons (Fsp3) is 0.188. The van der Waals surface area contributed by atoms with Crippen molar-refractivity contribution in [3.8, 4) is 0 Å². The number of thiocarbonyl (C=S) groups is 1. The highest BCUT2D eigenvalue weighted by molar-refractivity contribution is 9.10. The van der Waals surface area contributed by atoms with E-state index >= 15 is 0 Å². The number of benzene rings is 2. The molecule has 2 rings (SSSR count). The SMILES string of the molecule is Cc1cc(F)ccc1CCNc1cccc(Br)c1C(N)=S. The summed E-state index contributed by atoms with van der Waals surface area (Å²) in [4.78, 5) is 0.350. The van der Waals surface area contributed by atoms with E-state index in [2.05, 4.69) is 21.2 Å². The third-order valence-corrected chi connectivity index (χ3v) is 4.14. The number of halogens is 2. The summed E-state index contributed by atoms with van der Waals surface area (Å²) in [6.07, 6.45) is 0.801. The Morgan fingerprint density at radius 1 is 1.33 bits per heavy atom. The first-order valence-electron chi connectivity index (χ1n) is 6.56. The van der Waals surface area contributed by atoms with E-state index in [1.165, 1.54) is 6.07 Å². The Balaban J connectivity index is 2.07. The van der Waals surface area contributed by atoms with Gasteiger partial charge in [0, 0.05) is 22.3 Å². The van der Waals surface area contributed by atoms with Gasteiger partial charge in [-0.25, -0.2) is 4.39 Å². The smallest absolute Gasteiger partial charge is 0.123 e. The topological polar surface area (TPSA) is 38.0 Å². The number of rotatable bonds is 5. The average Bonchev–Trinajstić information content (AvgIpc) is 2.41. The first-order valence-corrected chi connectivity index (χ1v) is 7.76. The van der Waals surface area contributed by atoms with Crippen LogP contribution in [0.5, 0.6) is 0 Å². The van der Waals surface area contributed by atoms with Gasteiger partial charge in [0.2, 0.25) is 0 Å². The molecule has 0 bridgehead atoms. The van der Waals surface area contributed by atoms with E-state index in [1.807, 2.05) is 31.2 Å². The largest absolute Gasteiger partial charge is 0.389 e. The van der Waals surface area contributed by atoms with Crippen LogP contribution in [0.2, 0.25) is 0 Å². The van der Waals surface area contributed by atoms with Crippen molar-refractivity contribution in [2.24, 2.45) is 5.73 Å². The Morgan fingerprint density at radius 2 is 2.10 bits per heavy atom. The Morgan fingerprint density at radius 3 is 2.76 bits per heavy atom. The first-order chi connectivity index (χ1) is 9.99. The van der Waals surface area contributed by atoms with Gasteiger partial charge in [-0.3, -0.25) is 0 Å². The lowest BCUT2D eigenvalue weighted by Gasteiger charge is -2.13. The molecule has 0 saturated carbocycles. The number of nitrogens with two attached hydrogens (primary N) is 1. The molecule has 0 amide bonds. The number of anilines is 1. The van der Waals surface area contributed by atoms with Crippen LogP contribution in [-0.2, 0) is 6.42 Å². The molecule has 0 heterocycles. The van der Waals surface area contributed by atoms with Crippen LogP contribution < -0.4 is 11.1 Å². The van der Waals surface area contributed by atoms with Crippen LogP contribution in [0.25, 0.3) is 0 Å². The number of hydrogen-bond acceptors (Lipinski definition) is 2. The molecule has 0 unspecified atom stereocenters. The van der Waals surface area contributed by atoms with E-state index in [0.29, 0.717) is 4.99 Å². The van der Waals surface area contributed by atoms with Crippen molar-refractivity contribution >= 4 is 38.8 Å². The average molecular weight is 367 g/mol. The van der Waals surface area contributed by atoms with Crippen LogP contribution in [0.4, 0.5) is 10.1 Å². The van der Waals surface area contributed by atoms with Crippen molar-refractivity contribution in [1.82, 2.24) is 0 Å². The van der Waals surface area contributed by atoms with E-state index in [-0.39, 0.29) is 5.82 Å². The Bertz CT molecular complexity index is 673. The van der Waals surface area contributed by atoms with Gasteiger partial charge < -0.3 is 11.1 Å². The molecule has 2 aromatic carbocycles. The minimum absolute atomic E-state index is 0.202. The Kier molecular flexibility index (Phi) is 5.31. The summed E-state index contributed by atoms with van der Waals surface area (Å²) < 4.78 is 13.9. The lowest BCUT2D eigenvalue weighted by molar-refractivity contribution is 0.625. The second-order valence-corrected chi connectivity index (χ2v) is 6.07. The summed E-state index contributed by atoms with van der Waals surface area (Å²) in [6, 6.07) is 10.6. The van der Waals surface area contributed by atoms with Crippen molar-refractivity contribution in [2.45, 2.75) is 13.3 Å². The predicted molar refractivity (Wildman–Crippen MR) is 93.4 cm³/mol. The fourth-order valence-corrected chi connectivity index (χ4v) is 3.12. The predicted octanol–water partition coefficient (Wildman–Crippen LogP) is 4.19. The van der Waals surface area contributed by atoms with Crippen LogP contribution in [0.3, 0.4) is 0 Å². The van der Waals surface area contributed by atoms with Crippen LogP contribution in [-0.4, -0.2) is 11.5 Å². The molecular weight excluding hydrogens is 351 g/mol. The molecular formula is C16H16BrFN2S. The fourth-order valence-electron chi connectivity index (χ4n) is 2.19. The summed E-state index contributed by atoms with van der Waals surface area (Å²) in [6.45, 7) is 2.64. The highest BCUT2D eigenvalue weighted by Gasteiger charge is 2.09. The second-order valence-electron chi connectivity index (χ2n) is 4.77. The molecule has 0 aromatic heterocycles. The number of aryl methyl sites for hydroxylation is 1. The normalized spacial score (nSPS) is 10.4. The maximum atomic E-state index is 13.1. The Hall–Kier alpha value is -1.46. The number of hydrogen-bond donors (Lipinski definition) is 2. The highest BCUT2D eigenvalue weighted by atomic mass is 79.9. The van der Waals surface area contributed by atoms with E-state index in [0.717, 1.165) is 39.8 Å². The van der Waals surface area contributed by atoms with Crippen LogP contribution in [0, 0.1) is 12.7 Å². The van der Waals surface area contributed by atoms with Gasteiger partial charge >= 0.3 is 0 Å². The zero-order valence-corrected chi connectivity index (χ0v) is 14.0. The van der Waals surface area contributed by atoms with Crippen molar-refractivity contribution in [3.63, 3.8) is 0 Å². The van der Waals surface area contributed by atoms with Gasteiger partial charge in [-0.05, 0) is 64.7 Å². The van der Waals surface area contributed by atoms with E-state index < -0.39 is 0 Å². The summed E-state index contributed by atoms with van der Waals surface area (Å²) in [5, 5.41) is 3.33. The lowest BCUT2D eigenvalue weighted by atomic mass is 10.1. The molecule has 5 heteroatoms. The van der Waals surface area contributed by atoms with Gasteiger partial charge in [0.25, 0.3) is 0 Å². The van der Waals surface area contributed by atoms with Gasteiger partial charge in [-0.15, -0.1) is 0 Å². The van der Waals surface area contributed by atoms with E-state index in [4.69, 9.17) is 18.0 Å². The van der Waals surface area contributed by atoms with Crippen LogP contribution in [0.1, 0.15) is 16.7 Å². The quantitative estimate of drug-likeness (QED) is 0.779. The molecule has 0 atom stereocenters. The first kappa shape index (κ1) is 15.9. The molecule has 0 aliphatic rings. The summed E-state index contributed by atoms with van der Waals surface area (Å²) >= 11 is 8.54. The highest BCUT2D eigenvalue weighted by Crippen LogP contribution is 2.24. The van der Waals surface area contributed by atoms with Crippen molar-refractivity contribution in [3.05, 3.63) is 63.4 Å². The zero-order chi connectivity index (χ0) is 15.4. The van der Waals surface area contributed by atoms with Crippen LogP contribution in [0.15, 0.2) is 40.9 Å². The monoisotopic (exact) mass is 366 g/mol. The molecule has 0 aliphatic carbocycles. The van der Waals surface area contributed by atoms with E-state index in [1.54, 1.807) is 6.07 Å². The molecule has 2 aromatic rings. The van der Waals surface area contributed by atoms with Gasteiger partial charge in [0.05, 0.1) is 0 Å². The molecule has 0 aliphatic heterocycles. The molecule has 0 saturated heterocycles. The molecule has 3 N–H and O–H groups in total. The summed E-state index contributed by atoms with van der Waals surface area (Å²) in [5.41, 5.74) is 9.55. The molecule has 0 fully saturated rings. The molecule has 2 nitrogen and oxygen atoms in total. The van der Waals surface area contributed by atoms with Gasteiger partial charge in [-0.2, -0.15) is 0 Å². The molecule has 0 spiro atoms. The van der Waals surface area contributed by atoms with Gasteiger partial charge in [0.1, 0.15) is 10.8 Å². The number of nitrogens with one attached hydrogen (secondary N) is 1. The van der Waals surface area contributed by atoms with Crippen molar-refractivity contribution in [1.29, 1.82) is 0 Å². The summed E-state index contributed by atoms with van der Waals surface area (Å²) in [7, 11) is 0. The second kappa shape index (κ2) is 7.00. The molecule has 0 radical (unpaired) electrons. The standard InChI is InChI=1S/C16H16BrFN2S/c1-10-9-12(18)6-5-11(10)7-8-20-14-4-2-3-13(17)15(14)16(19)21/h2-6,9,20H,7-8H2,1H3,(H2,19,21). The van der Waals surface area contributed by atoms with Gasteiger partial charge in [0.15, 0.2) is 0 Å². The zero-order valence-electron chi connectivity index (χ0n) is 11.6. The summed E-state index contributed by atoms with van der Waals surface area (Å²) in [5.74, 6) is -0.202.